The fraction of sp³-hybridized carbons (Fsp3) is 0.577. The summed E-state index contributed by atoms with van der Waals surface area (Å²) in [4.78, 5) is 67.7. The molecule has 0 spiro atoms. The molecule has 18 heteroatoms. The van der Waals surface area contributed by atoms with Gasteiger partial charge >= 0.3 is 24.0 Å². The molecule has 0 atom stereocenters. The van der Waals surface area contributed by atoms with Crippen molar-refractivity contribution in [2.45, 2.75) is 91.1 Å². The molecule has 4 aliphatic heterocycles. The number of ether oxygens (including phenoxy) is 1. The number of carbonyl (C=O) groups excluding carboxylic acids is 3. The van der Waals surface area contributed by atoms with Gasteiger partial charge in [0.15, 0.2) is 11.4 Å². The minimum atomic E-state index is -1.13. The first-order chi connectivity index (χ1) is 33.6. The quantitative estimate of drug-likeness (QED) is 0.207. The van der Waals surface area contributed by atoms with Gasteiger partial charge in [0.2, 0.25) is 0 Å². The molecule has 2 aliphatic carbocycles. The summed E-state index contributed by atoms with van der Waals surface area (Å²) in [6.45, 7) is 26.0. The van der Waals surface area contributed by atoms with Crippen LogP contribution < -0.4 is 9.80 Å². The highest BCUT2D eigenvalue weighted by Gasteiger charge is 2.34. The molecular formula is C52H72N12O6. The molecular weight excluding hydrogens is 889 g/mol. The zero-order valence-corrected chi connectivity index (χ0v) is 41.8. The topological polar surface area (TPSA) is 159 Å². The number of piperazine rings is 4. The van der Waals surface area contributed by atoms with E-state index in [4.69, 9.17) is 9.84 Å². The molecule has 2 aromatic heterocycles. The van der Waals surface area contributed by atoms with Gasteiger partial charge in [0.25, 0.3) is 0 Å². The van der Waals surface area contributed by atoms with Gasteiger partial charge in [-0.3, -0.25) is 19.6 Å². The molecule has 0 bridgehead atoms. The van der Waals surface area contributed by atoms with E-state index in [-0.39, 0.29) is 23.5 Å². The number of aromatic nitrogens is 4. The molecule has 18 nitrogen and oxygen atoms in total. The van der Waals surface area contributed by atoms with Crippen molar-refractivity contribution in [2.75, 3.05) is 115 Å². The predicted octanol–water partition coefficient (Wildman–Crippen LogP) is 5.18. The fourth-order valence-corrected chi connectivity index (χ4v) is 10.1. The van der Waals surface area contributed by atoms with Crippen molar-refractivity contribution in [1.29, 1.82) is 0 Å². The first kappa shape index (κ1) is 49.2. The number of hydrogen-bond acceptors (Lipinski definition) is 13. The minimum Gasteiger partial charge on any atom is -0.476 e. The third kappa shape index (κ3) is 12.4. The summed E-state index contributed by atoms with van der Waals surface area (Å²) in [7, 11) is 0. The molecule has 2 aromatic carbocycles. The van der Waals surface area contributed by atoms with Crippen molar-refractivity contribution >= 4 is 35.4 Å². The van der Waals surface area contributed by atoms with Crippen LogP contribution >= 0.6 is 0 Å². The number of hydrogen-bond donors (Lipinski definition) is 1. The molecule has 0 radical (unpaired) electrons. The summed E-state index contributed by atoms with van der Waals surface area (Å²) in [5.74, 6) is -1.65. The second-order valence-corrected chi connectivity index (χ2v) is 21.0. The van der Waals surface area contributed by atoms with Gasteiger partial charge in [-0.25, -0.2) is 19.2 Å². The molecule has 6 aliphatic rings. The van der Waals surface area contributed by atoms with E-state index in [1.807, 2.05) is 0 Å². The zero-order valence-electron chi connectivity index (χ0n) is 41.8. The zero-order chi connectivity index (χ0) is 49.1. The molecule has 2 saturated carbocycles. The lowest BCUT2D eigenvalue weighted by molar-refractivity contribution is 0.00620. The van der Waals surface area contributed by atoms with Gasteiger partial charge in [-0.15, -0.1) is 0 Å². The van der Waals surface area contributed by atoms with Crippen molar-refractivity contribution in [2.24, 2.45) is 0 Å². The van der Waals surface area contributed by atoms with Crippen LogP contribution in [0.2, 0.25) is 0 Å². The monoisotopic (exact) mass is 961 g/mol. The van der Waals surface area contributed by atoms with E-state index >= 15 is 0 Å². The maximum Gasteiger partial charge on any atom is 0.359 e. The van der Waals surface area contributed by atoms with Crippen LogP contribution in [0.25, 0.3) is 0 Å². The number of amides is 2. The summed E-state index contributed by atoms with van der Waals surface area (Å²) < 4.78 is 7.73. The van der Waals surface area contributed by atoms with Gasteiger partial charge < -0.3 is 29.4 Å². The Balaban J connectivity index is 0.000000175. The SMILES string of the molecule is Cc1ccc(CN2CCN(C(=O)n3ccc(C(=O)O)n3)CC2)c(N2CCN(C3CC3)CC2)c1.Cc1ccc(CN2CCN(C(=O)n3ccc(C(=O)OC(C)(C)C)n3)CC2)c(N2CCN(C3CC3)CC2)c1. The minimum absolute atomic E-state index is 0.119. The lowest BCUT2D eigenvalue weighted by Gasteiger charge is -2.38. The van der Waals surface area contributed by atoms with Crippen LogP contribution in [-0.4, -0.2) is 200 Å². The van der Waals surface area contributed by atoms with Crippen molar-refractivity contribution in [3.05, 3.63) is 94.6 Å². The van der Waals surface area contributed by atoms with Crippen LogP contribution in [0.4, 0.5) is 21.0 Å². The second kappa shape index (κ2) is 21.3. The first-order valence-corrected chi connectivity index (χ1v) is 25.4. The van der Waals surface area contributed by atoms with Gasteiger partial charge in [-0.05, 0) is 107 Å². The Bertz CT molecular complexity index is 2480. The Kier molecular flexibility index (Phi) is 14.9. The van der Waals surface area contributed by atoms with Crippen LogP contribution in [0.3, 0.4) is 0 Å². The van der Waals surface area contributed by atoms with Crippen LogP contribution in [0.5, 0.6) is 0 Å². The number of nitrogens with zero attached hydrogens (tertiary/aromatic N) is 12. The number of esters is 1. The van der Waals surface area contributed by atoms with Gasteiger partial charge in [0.05, 0.1) is 0 Å². The van der Waals surface area contributed by atoms with E-state index in [2.05, 4.69) is 89.8 Å². The summed E-state index contributed by atoms with van der Waals surface area (Å²) >= 11 is 0. The summed E-state index contributed by atoms with van der Waals surface area (Å²) in [6, 6.07) is 17.7. The number of rotatable bonds is 10. The Morgan fingerprint density at radius 2 is 0.957 bits per heavy atom. The third-order valence-corrected chi connectivity index (χ3v) is 14.4. The van der Waals surface area contributed by atoms with E-state index < -0.39 is 17.5 Å². The second-order valence-electron chi connectivity index (χ2n) is 21.0. The molecule has 6 heterocycles. The lowest BCUT2D eigenvalue weighted by atomic mass is 10.1. The molecule has 10 rings (SSSR count). The Labute approximate surface area is 412 Å². The summed E-state index contributed by atoms with van der Waals surface area (Å²) in [5, 5.41) is 17.1. The average molecular weight is 961 g/mol. The number of aromatic carboxylic acids is 1. The van der Waals surface area contributed by atoms with Crippen LogP contribution in [0.1, 0.15) is 89.7 Å². The molecule has 376 valence electrons. The van der Waals surface area contributed by atoms with Gasteiger partial charge in [0, 0.05) is 154 Å². The van der Waals surface area contributed by atoms with Crippen molar-refractivity contribution in [3.63, 3.8) is 0 Å². The van der Waals surface area contributed by atoms with E-state index in [1.165, 1.54) is 88.5 Å². The Morgan fingerprint density at radius 1 is 0.557 bits per heavy atom. The highest BCUT2D eigenvalue weighted by atomic mass is 16.6. The third-order valence-electron chi connectivity index (χ3n) is 14.4. The molecule has 4 aromatic rings. The highest BCUT2D eigenvalue weighted by molar-refractivity contribution is 5.88. The molecule has 6 fully saturated rings. The predicted molar refractivity (Wildman–Crippen MR) is 268 cm³/mol. The largest absolute Gasteiger partial charge is 0.476 e. The van der Waals surface area contributed by atoms with Gasteiger partial charge in [-0.2, -0.15) is 19.6 Å². The molecule has 2 amide bonds. The average Bonchev–Trinajstić information content (AvgIpc) is 4.29. The van der Waals surface area contributed by atoms with E-state index in [1.54, 1.807) is 30.6 Å². The Hall–Kier alpha value is -5.82. The number of carboxylic acid groups (broad SMARTS) is 1. The Morgan fingerprint density at radius 3 is 1.33 bits per heavy atom. The summed E-state index contributed by atoms with van der Waals surface area (Å²) in [6.07, 6.45) is 8.43. The van der Waals surface area contributed by atoms with E-state index in [0.717, 1.165) is 108 Å². The smallest absolute Gasteiger partial charge is 0.359 e. The lowest BCUT2D eigenvalue weighted by Crippen LogP contribution is -2.50. The van der Waals surface area contributed by atoms with E-state index in [0.29, 0.717) is 26.2 Å². The standard InChI is InChI=1S/C28H40N6O3.C24H32N6O3/c1-21-5-6-22(25(19-21)32-17-15-31(16-18-32)23-7-8-23)20-30-11-13-33(14-12-30)27(36)34-10-9-24(29-34)26(35)37-28(2,3)4;1-18-2-3-19(22(16-18)28-14-12-27(13-15-28)20-4-5-20)17-26-8-10-29(11-9-26)24(33)30-7-6-21(25-30)23(31)32/h5-6,9-10,19,23H,7-8,11-18,20H2,1-4H3;2-3,6-7,16,20H,4-5,8-15,17H2,1H3,(H,31,32). The highest BCUT2D eigenvalue weighted by Crippen LogP contribution is 2.32. The number of anilines is 2. The molecule has 1 N–H and O–H groups in total. The molecule has 4 saturated heterocycles. The van der Waals surface area contributed by atoms with Crippen LogP contribution in [0, 0.1) is 13.8 Å². The summed E-state index contributed by atoms with van der Waals surface area (Å²) in [5.41, 5.74) is 7.42. The fourth-order valence-electron chi connectivity index (χ4n) is 10.1. The number of benzene rings is 2. The molecule has 70 heavy (non-hydrogen) atoms. The van der Waals surface area contributed by atoms with Crippen molar-refractivity contribution < 1.29 is 29.0 Å². The maximum absolute atomic E-state index is 13.0. The maximum atomic E-state index is 13.0. The van der Waals surface area contributed by atoms with Gasteiger partial charge in [-0.1, -0.05) is 24.3 Å². The van der Waals surface area contributed by atoms with Crippen LogP contribution in [-0.2, 0) is 17.8 Å². The van der Waals surface area contributed by atoms with Crippen molar-refractivity contribution in [3.8, 4) is 0 Å². The number of carboxylic acids is 1. The molecule has 0 unspecified atom stereocenters. The first-order valence-electron chi connectivity index (χ1n) is 25.4. The van der Waals surface area contributed by atoms with Crippen molar-refractivity contribution in [1.82, 2.24) is 49.0 Å². The normalized spacial score (nSPS) is 20.0. The van der Waals surface area contributed by atoms with Gasteiger partial charge in [0.1, 0.15) is 5.60 Å². The number of carbonyl (C=O) groups is 4. The van der Waals surface area contributed by atoms with E-state index in [9.17, 15) is 19.2 Å². The number of aryl methyl sites for hydroxylation is 2. The van der Waals surface area contributed by atoms with Crippen LogP contribution in [0.15, 0.2) is 60.9 Å².